The van der Waals surface area contributed by atoms with Gasteiger partial charge in [0.05, 0.1) is 15.6 Å². The summed E-state index contributed by atoms with van der Waals surface area (Å²) in [7, 11) is 0. The molecule has 174 valence electrons. The van der Waals surface area contributed by atoms with Gasteiger partial charge in [-0.15, -0.1) is 11.3 Å². The fraction of sp³-hybridized carbons (Fsp3) is 0.320. The van der Waals surface area contributed by atoms with Crippen molar-refractivity contribution in [3.8, 4) is 10.4 Å². The van der Waals surface area contributed by atoms with Gasteiger partial charge >= 0.3 is 0 Å². The molecule has 3 rings (SSSR count). The Morgan fingerprint density at radius 1 is 1.09 bits per heavy atom. The maximum absolute atomic E-state index is 13.1. The molecule has 0 saturated carbocycles. The Balaban J connectivity index is 1.76. The number of nitrogens with zero attached hydrogens (tertiary/aromatic N) is 1. The Morgan fingerprint density at radius 3 is 2.52 bits per heavy atom. The Morgan fingerprint density at radius 2 is 1.85 bits per heavy atom. The third-order valence-electron chi connectivity index (χ3n) is 5.24. The van der Waals surface area contributed by atoms with Crippen LogP contribution in [0.4, 0.5) is 0 Å². The molecule has 33 heavy (non-hydrogen) atoms. The van der Waals surface area contributed by atoms with E-state index in [2.05, 4.69) is 15.6 Å². The molecule has 0 radical (unpaired) electrons. The van der Waals surface area contributed by atoms with Crippen molar-refractivity contribution in [2.45, 2.75) is 45.2 Å². The predicted octanol–water partition coefficient (Wildman–Crippen LogP) is 3.90. The van der Waals surface area contributed by atoms with Crippen molar-refractivity contribution in [1.29, 1.82) is 0 Å². The van der Waals surface area contributed by atoms with Crippen LogP contribution in [0.3, 0.4) is 0 Å². The van der Waals surface area contributed by atoms with E-state index in [1.165, 1.54) is 11.3 Å². The summed E-state index contributed by atoms with van der Waals surface area (Å²) in [6, 6.07) is 16.5. The molecule has 4 N–H and O–H groups in total. The Kier molecular flexibility index (Phi) is 9.00. The highest BCUT2D eigenvalue weighted by atomic mass is 35.5. The van der Waals surface area contributed by atoms with Gasteiger partial charge in [0, 0.05) is 30.5 Å². The SMILES string of the molecule is CCC(=O)NC(Cc1nc(C)c(-c2cccc(Cl)c2)s1)C(=O)NC(CN)Cc1ccccc1. The lowest BCUT2D eigenvalue weighted by molar-refractivity contribution is -0.129. The molecule has 0 aliphatic heterocycles. The van der Waals surface area contributed by atoms with Crippen molar-refractivity contribution >= 4 is 34.8 Å². The molecule has 1 aromatic heterocycles. The van der Waals surface area contributed by atoms with E-state index in [1.54, 1.807) is 6.92 Å². The van der Waals surface area contributed by atoms with Crippen LogP contribution in [0.1, 0.15) is 29.6 Å². The first-order chi connectivity index (χ1) is 15.9. The van der Waals surface area contributed by atoms with Gasteiger partial charge in [0.2, 0.25) is 11.8 Å². The van der Waals surface area contributed by atoms with Gasteiger partial charge in [-0.3, -0.25) is 9.59 Å². The summed E-state index contributed by atoms with van der Waals surface area (Å²) < 4.78 is 0. The van der Waals surface area contributed by atoms with Crippen LogP contribution in [0.15, 0.2) is 54.6 Å². The number of hydrogen-bond donors (Lipinski definition) is 3. The average Bonchev–Trinajstić information content (AvgIpc) is 3.18. The number of benzene rings is 2. The van der Waals surface area contributed by atoms with Crippen LogP contribution in [-0.4, -0.2) is 35.4 Å². The first-order valence-corrected chi connectivity index (χ1v) is 12.1. The Bertz CT molecular complexity index is 1090. The Labute approximate surface area is 203 Å². The van der Waals surface area contributed by atoms with Gasteiger partial charge in [-0.2, -0.15) is 0 Å². The highest BCUT2D eigenvalue weighted by Gasteiger charge is 2.25. The van der Waals surface area contributed by atoms with Gasteiger partial charge in [-0.1, -0.05) is 61.0 Å². The molecule has 6 nitrogen and oxygen atoms in total. The quantitative estimate of drug-likeness (QED) is 0.406. The third kappa shape index (κ3) is 7.12. The van der Waals surface area contributed by atoms with Gasteiger partial charge in [-0.25, -0.2) is 4.98 Å². The van der Waals surface area contributed by atoms with Gasteiger partial charge < -0.3 is 16.4 Å². The second kappa shape index (κ2) is 11.9. The summed E-state index contributed by atoms with van der Waals surface area (Å²) in [5, 5.41) is 7.27. The van der Waals surface area contributed by atoms with Crippen molar-refractivity contribution < 1.29 is 9.59 Å². The molecule has 2 amide bonds. The molecule has 3 aromatic rings. The smallest absolute Gasteiger partial charge is 0.243 e. The normalized spacial score (nSPS) is 12.7. The first kappa shape index (κ1) is 24.9. The molecule has 0 fully saturated rings. The van der Waals surface area contributed by atoms with E-state index in [9.17, 15) is 9.59 Å². The standard InChI is InChI=1S/C25H29ClN4O2S/c1-3-22(31)30-21(25(32)29-20(15-27)12-17-8-5-4-6-9-17)14-23-28-16(2)24(33-23)18-10-7-11-19(26)13-18/h4-11,13,20-21H,3,12,14-15,27H2,1-2H3,(H,29,32)(H,30,31). The number of hydrogen-bond acceptors (Lipinski definition) is 5. The summed E-state index contributed by atoms with van der Waals surface area (Å²) in [5.74, 6) is -0.453. The minimum Gasteiger partial charge on any atom is -0.350 e. The van der Waals surface area contributed by atoms with E-state index in [4.69, 9.17) is 17.3 Å². The molecule has 8 heteroatoms. The number of aryl methyl sites for hydroxylation is 1. The van der Waals surface area contributed by atoms with E-state index in [0.717, 1.165) is 26.7 Å². The number of halogens is 1. The van der Waals surface area contributed by atoms with Crippen LogP contribution < -0.4 is 16.4 Å². The maximum Gasteiger partial charge on any atom is 0.243 e. The lowest BCUT2D eigenvalue weighted by Crippen LogP contribution is -2.52. The monoisotopic (exact) mass is 484 g/mol. The molecule has 2 aromatic carbocycles. The molecule has 2 atom stereocenters. The zero-order valence-corrected chi connectivity index (χ0v) is 20.4. The number of aromatic nitrogens is 1. The predicted molar refractivity (Wildman–Crippen MR) is 134 cm³/mol. The van der Waals surface area contributed by atoms with Crippen LogP contribution in [0.5, 0.6) is 0 Å². The largest absolute Gasteiger partial charge is 0.350 e. The molecule has 2 unspecified atom stereocenters. The van der Waals surface area contributed by atoms with E-state index < -0.39 is 6.04 Å². The maximum atomic E-state index is 13.1. The van der Waals surface area contributed by atoms with Crippen LogP contribution in [-0.2, 0) is 22.4 Å². The summed E-state index contributed by atoms with van der Waals surface area (Å²) in [6.07, 6.45) is 1.21. The molecule has 1 heterocycles. The number of amides is 2. The topological polar surface area (TPSA) is 97.1 Å². The van der Waals surface area contributed by atoms with Crippen LogP contribution in [0, 0.1) is 6.92 Å². The minimum absolute atomic E-state index is 0.189. The van der Waals surface area contributed by atoms with Gasteiger partial charge in [0.15, 0.2) is 0 Å². The number of carbonyl (C=O) groups excluding carboxylic acids is 2. The molecule has 0 aliphatic carbocycles. The fourth-order valence-corrected chi connectivity index (χ4v) is 4.81. The van der Waals surface area contributed by atoms with Crippen LogP contribution in [0.25, 0.3) is 10.4 Å². The van der Waals surface area contributed by atoms with Gasteiger partial charge in [-0.05, 0) is 36.6 Å². The highest BCUT2D eigenvalue weighted by molar-refractivity contribution is 7.15. The lowest BCUT2D eigenvalue weighted by Gasteiger charge is -2.22. The van der Waals surface area contributed by atoms with Gasteiger partial charge in [0.25, 0.3) is 0 Å². The third-order valence-corrected chi connectivity index (χ3v) is 6.70. The minimum atomic E-state index is -0.736. The van der Waals surface area contributed by atoms with Gasteiger partial charge in [0.1, 0.15) is 6.04 Å². The summed E-state index contributed by atoms with van der Waals surface area (Å²) in [5.41, 5.74) is 8.86. The van der Waals surface area contributed by atoms with Crippen molar-refractivity contribution in [3.05, 3.63) is 75.9 Å². The van der Waals surface area contributed by atoms with Crippen molar-refractivity contribution in [2.24, 2.45) is 5.73 Å². The second-order valence-corrected chi connectivity index (χ2v) is 9.36. The number of nitrogens with one attached hydrogen (secondary N) is 2. The molecular weight excluding hydrogens is 456 g/mol. The van der Waals surface area contributed by atoms with Crippen molar-refractivity contribution in [3.63, 3.8) is 0 Å². The zero-order chi connectivity index (χ0) is 23.8. The summed E-state index contributed by atoms with van der Waals surface area (Å²) in [6.45, 7) is 3.98. The Hall–Kier alpha value is -2.74. The zero-order valence-electron chi connectivity index (χ0n) is 18.8. The second-order valence-electron chi connectivity index (χ2n) is 7.84. The molecule has 0 spiro atoms. The lowest BCUT2D eigenvalue weighted by atomic mass is 10.1. The summed E-state index contributed by atoms with van der Waals surface area (Å²) in [4.78, 5) is 30.9. The number of carbonyl (C=O) groups is 2. The van der Waals surface area contributed by atoms with Crippen molar-refractivity contribution in [1.82, 2.24) is 15.6 Å². The van der Waals surface area contributed by atoms with E-state index in [1.807, 2.05) is 61.5 Å². The molecule has 0 saturated heterocycles. The number of nitrogens with two attached hydrogens (primary N) is 1. The van der Waals surface area contributed by atoms with Crippen LogP contribution >= 0.6 is 22.9 Å². The van der Waals surface area contributed by atoms with E-state index in [-0.39, 0.29) is 17.9 Å². The molecule has 0 bridgehead atoms. The van der Waals surface area contributed by atoms with E-state index in [0.29, 0.717) is 30.8 Å². The van der Waals surface area contributed by atoms with Crippen LogP contribution in [0.2, 0.25) is 5.02 Å². The number of thiazole rings is 1. The molecular formula is C25H29ClN4O2S. The summed E-state index contributed by atoms with van der Waals surface area (Å²) >= 11 is 7.65. The number of rotatable bonds is 10. The fourth-order valence-electron chi connectivity index (χ4n) is 3.51. The highest BCUT2D eigenvalue weighted by Crippen LogP contribution is 2.32. The average molecular weight is 485 g/mol. The van der Waals surface area contributed by atoms with E-state index >= 15 is 0 Å². The van der Waals surface area contributed by atoms with Crippen molar-refractivity contribution in [2.75, 3.05) is 6.54 Å². The first-order valence-electron chi connectivity index (χ1n) is 11.0. The molecule has 0 aliphatic rings.